The summed E-state index contributed by atoms with van der Waals surface area (Å²) in [7, 11) is 0. The molecule has 4 heteroatoms. The lowest BCUT2D eigenvalue weighted by Gasteiger charge is -2.21. The van der Waals surface area contributed by atoms with Crippen molar-refractivity contribution >= 4 is 5.91 Å². The molecule has 0 aliphatic carbocycles. The van der Waals surface area contributed by atoms with Gasteiger partial charge < -0.3 is 11.5 Å². The van der Waals surface area contributed by atoms with Crippen LogP contribution in [0.1, 0.15) is 24.0 Å². The largest absolute Gasteiger partial charge is 0.368 e. The van der Waals surface area contributed by atoms with Crippen molar-refractivity contribution in [2.75, 3.05) is 13.1 Å². The third-order valence-corrected chi connectivity index (χ3v) is 3.34. The second-order valence-corrected chi connectivity index (χ2v) is 4.74. The van der Waals surface area contributed by atoms with Gasteiger partial charge in [0.25, 0.3) is 0 Å². The summed E-state index contributed by atoms with van der Waals surface area (Å²) in [6.07, 6.45) is 1.89. The molecule has 1 aromatic carbocycles. The number of primary amides is 1. The molecule has 4 nitrogen and oxygen atoms in total. The average molecular weight is 257 g/mol. The van der Waals surface area contributed by atoms with Crippen LogP contribution in [-0.4, -0.2) is 29.9 Å². The van der Waals surface area contributed by atoms with E-state index in [0.29, 0.717) is 6.54 Å². The van der Waals surface area contributed by atoms with Gasteiger partial charge in [-0.1, -0.05) is 24.0 Å². The molecule has 1 heterocycles. The number of benzene rings is 1. The number of amides is 1. The fourth-order valence-corrected chi connectivity index (χ4v) is 2.47. The van der Waals surface area contributed by atoms with E-state index in [1.54, 1.807) is 0 Å². The Bertz CT molecular complexity index is 516. The number of nitrogens with zero attached hydrogens (tertiary/aromatic N) is 1. The normalized spacial score (nSPS) is 18.9. The van der Waals surface area contributed by atoms with E-state index < -0.39 is 0 Å². The van der Waals surface area contributed by atoms with Crippen molar-refractivity contribution in [3.8, 4) is 11.8 Å². The molecule has 1 amide bonds. The van der Waals surface area contributed by atoms with E-state index in [1.165, 1.54) is 0 Å². The number of carbonyl (C=O) groups excluding carboxylic acids is 1. The smallest absolute Gasteiger partial charge is 0.234 e. The second kappa shape index (κ2) is 6.37. The molecule has 1 aliphatic rings. The number of likely N-dealkylation sites (tertiary alicyclic amines) is 1. The predicted octanol–water partition coefficient (Wildman–Crippen LogP) is 0.447. The minimum absolute atomic E-state index is 0.126. The topological polar surface area (TPSA) is 72.3 Å². The van der Waals surface area contributed by atoms with Crippen molar-refractivity contribution in [1.82, 2.24) is 4.90 Å². The van der Waals surface area contributed by atoms with Gasteiger partial charge in [-0.3, -0.25) is 9.69 Å². The molecule has 19 heavy (non-hydrogen) atoms. The Kier molecular flexibility index (Phi) is 4.56. The van der Waals surface area contributed by atoms with Crippen LogP contribution in [0.4, 0.5) is 0 Å². The summed E-state index contributed by atoms with van der Waals surface area (Å²) < 4.78 is 0. The number of carbonyl (C=O) groups is 1. The first-order chi connectivity index (χ1) is 9.20. The Labute approximate surface area is 113 Å². The molecule has 0 aromatic heterocycles. The molecule has 0 bridgehead atoms. The van der Waals surface area contributed by atoms with Crippen molar-refractivity contribution in [1.29, 1.82) is 0 Å². The zero-order chi connectivity index (χ0) is 13.7. The number of hydrogen-bond acceptors (Lipinski definition) is 3. The minimum atomic E-state index is -0.225. The van der Waals surface area contributed by atoms with Gasteiger partial charge in [0, 0.05) is 12.1 Å². The molecular formula is C15H19N3O. The highest BCUT2D eigenvalue weighted by molar-refractivity contribution is 5.80. The van der Waals surface area contributed by atoms with E-state index >= 15 is 0 Å². The van der Waals surface area contributed by atoms with Crippen LogP contribution in [0.25, 0.3) is 0 Å². The van der Waals surface area contributed by atoms with Gasteiger partial charge >= 0.3 is 0 Å². The minimum Gasteiger partial charge on any atom is -0.368 e. The van der Waals surface area contributed by atoms with E-state index in [2.05, 4.69) is 16.7 Å². The first kappa shape index (κ1) is 13.6. The van der Waals surface area contributed by atoms with Crippen molar-refractivity contribution < 1.29 is 4.79 Å². The Morgan fingerprint density at radius 1 is 1.47 bits per heavy atom. The maximum absolute atomic E-state index is 11.4. The summed E-state index contributed by atoms with van der Waals surface area (Å²) >= 11 is 0. The summed E-state index contributed by atoms with van der Waals surface area (Å²) in [5.41, 5.74) is 12.9. The SMILES string of the molecule is NCC#Cc1cccc(CN2CCCC2C(N)=O)c1. The Morgan fingerprint density at radius 2 is 2.32 bits per heavy atom. The van der Waals surface area contributed by atoms with Crippen LogP contribution in [0.3, 0.4) is 0 Å². The number of hydrogen-bond donors (Lipinski definition) is 2. The van der Waals surface area contributed by atoms with Crippen LogP contribution in [-0.2, 0) is 11.3 Å². The number of rotatable bonds is 3. The fourth-order valence-electron chi connectivity index (χ4n) is 2.47. The highest BCUT2D eigenvalue weighted by atomic mass is 16.1. The highest BCUT2D eigenvalue weighted by Crippen LogP contribution is 2.20. The standard InChI is InChI=1S/C15H19N3O/c16-8-2-6-12-4-1-5-13(10-12)11-18-9-3-7-14(18)15(17)19/h1,4-5,10,14H,3,7-9,11,16H2,(H2,17,19). The molecule has 100 valence electrons. The van der Waals surface area contributed by atoms with E-state index in [-0.39, 0.29) is 11.9 Å². The maximum atomic E-state index is 11.4. The van der Waals surface area contributed by atoms with Gasteiger partial charge in [-0.15, -0.1) is 0 Å². The molecule has 0 radical (unpaired) electrons. The summed E-state index contributed by atoms with van der Waals surface area (Å²) in [6.45, 7) is 2.03. The summed E-state index contributed by atoms with van der Waals surface area (Å²) in [4.78, 5) is 13.5. The third-order valence-electron chi connectivity index (χ3n) is 3.34. The number of nitrogens with two attached hydrogens (primary N) is 2. The van der Waals surface area contributed by atoms with E-state index in [0.717, 1.165) is 37.1 Å². The third kappa shape index (κ3) is 3.57. The zero-order valence-corrected chi connectivity index (χ0v) is 10.9. The van der Waals surface area contributed by atoms with Gasteiger partial charge in [-0.05, 0) is 37.1 Å². The highest BCUT2D eigenvalue weighted by Gasteiger charge is 2.28. The lowest BCUT2D eigenvalue weighted by atomic mass is 10.1. The van der Waals surface area contributed by atoms with Crippen molar-refractivity contribution in [3.05, 3.63) is 35.4 Å². The van der Waals surface area contributed by atoms with Crippen LogP contribution in [0, 0.1) is 11.8 Å². The van der Waals surface area contributed by atoms with E-state index in [4.69, 9.17) is 11.5 Å². The maximum Gasteiger partial charge on any atom is 0.234 e. The summed E-state index contributed by atoms with van der Waals surface area (Å²) in [5.74, 6) is 5.64. The monoisotopic (exact) mass is 257 g/mol. The average Bonchev–Trinajstić information content (AvgIpc) is 2.85. The Hall–Kier alpha value is -1.83. The fraction of sp³-hybridized carbons (Fsp3) is 0.400. The van der Waals surface area contributed by atoms with Crippen LogP contribution in [0.15, 0.2) is 24.3 Å². The van der Waals surface area contributed by atoms with Gasteiger partial charge in [0.2, 0.25) is 5.91 Å². The molecule has 4 N–H and O–H groups in total. The lowest BCUT2D eigenvalue weighted by Crippen LogP contribution is -2.39. The van der Waals surface area contributed by atoms with Crippen molar-refractivity contribution in [2.24, 2.45) is 11.5 Å². The second-order valence-electron chi connectivity index (χ2n) is 4.74. The van der Waals surface area contributed by atoms with Crippen LogP contribution < -0.4 is 11.5 Å². The molecule has 2 rings (SSSR count). The lowest BCUT2D eigenvalue weighted by molar-refractivity contribution is -0.122. The first-order valence-corrected chi connectivity index (χ1v) is 6.52. The molecule has 1 atom stereocenters. The van der Waals surface area contributed by atoms with Gasteiger partial charge in [-0.2, -0.15) is 0 Å². The van der Waals surface area contributed by atoms with Crippen molar-refractivity contribution in [2.45, 2.75) is 25.4 Å². The summed E-state index contributed by atoms with van der Waals surface area (Å²) in [6, 6.07) is 7.90. The zero-order valence-electron chi connectivity index (χ0n) is 10.9. The molecule has 1 aliphatic heterocycles. The van der Waals surface area contributed by atoms with Crippen LogP contribution >= 0.6 is 0 Å². The summed E-state index contributed by atoms with van der Waals surface area (Å²) in [5, 5.41) is 0. The molecule has 1 saturated heterocycles. The molecular weight excluding hydrogens is 238 g/mol. The van der Waals surface area contributed by atoms with Gasteiger partial charge in [0.05, 0.1) is 12.6 Å². The Morgan fingerprint density at radius 3 is 3.05 bits per heavy atom. The van der Waals surface area contributed by atoms with Gasteiger partial charge in [0.1, 0.15) is 0 Å². The predicted molar refractivity (Wildman–Crippen MR) is 75.0 cm³/mol. The molecule has 0 saturated carbocycles. The van der Waals surface area contributed by atoms with Gasteiger partial charge in [-0.25, -0.2) is 0 Å². The first-order valence-electron chi connectivity index (χ1n) is 6.52. The van der Waals surface area contributed by atoms with E-state index in [1.807, 2.05) is 24.3 Å². The molecule has 1 aromatic rings. The molecule has 1 fully saturated rings. The van der Waals surface area contributed by atoms with Crippen molar-refractivity contribution in [3.63, 3.8) is 0 Å². The van der Waals surface area contributed by atoms with Crippen LogP contribution in [0.5, 0.6) is 0 Å². The molecule has 1 unspecified atom stereocenters. The van der Waals surface area contributed by atoms with Gasteiger partial charge in [0.15, 0.2) is 0 Å². The quantitative estimate of drug-likeness (QED) is 0.772. The van der Waals surface area contributed by atoms with E-state index in [9.17, 15) is 4.79 Å². The van der Waals surface area contributed by atoms with Crippen LogP contribution in [0.2, 0.25) is 0 Å². The Balaban J connectivity index is 2.08. The molecule has 0 spiro atoms.